The molecular formula is C28H32N2O3S. The molecule has 0 fully saturated rings. The molecule has 0 spiro atoms. The highest BCUT2D eigenvalue weighted by Crippen LogP contribution is 2.29. The number of anilines is 1. The molecule has 34 heavy (non-hydrogen) atoms. The van der Waals surface area contributed by atoms with Crippen LogP contribution in [0.25, 0.3) is 0 Å². The maximum Gasteiger partial charge on any atom is 0.264 e. The van der Waals surface area contributed by atoms with E-state index in [1.54, 1.807) is 24.3 Å². The summed E-state index contributed by atoms with van der Waals surface area (Å²) in [5.74, 6) is -0.343. The van der Waals surface area contributed by atoms with Crippen LogP contribution in [0.3, 0.4) is 0 Å². The smallest absolute Gasteiger partial charge is 0.264 e. The first kappa shape index (κ1) is 24.0. The van der Waals surface area contributed by atoms with Crippen molar-refractivity contribution >= 4 is 21.6 Å². The van der Waals surface area contributed by atoms with Crippen LogP contribution in [-0.4, -0.2) is 20.9 Å². The number of nitrogens with one attached hydrogen (secondary N) is 1. The van der Waals surface area contributed by atoms with Crippen LogP contribution in [0.5, 0.6) is 0 Å². The monoisotopic (exact) mass is 476 g/mol. The van der Waals surface area contributed by atoms with Gasteiger partial charge in [-0.05, 0) is 93.0 Å². The highest BCUT2D eigenvalue weighted by atomic mass is 32.2. The number of hydrogen-bond acceptors (Lipinski definition) is 3. The molecule has 0 aliphatic heterocycles. The zero-order valence-electron chi connectivity index (χ0n) is 20.3. The lowest BCUT2D eigenvalue weighted by molar-refractivity contribution is -0.120. The van der Waals surface area contributed by atoms with Gasteiger partial charge in [-0.25, -0.2) is 8.42 Å². The Bertz CT molecular complexity index is 1310. The Morgan fingerprint density at radius 2 is 1.59 bits per heavy atom. The molecule has 4 rings (SSSR count). The van der Waals surface area contributed by atoms with Gasteiger partial charge in [0.1, 0.15) is 6.54 Å². The highest BCUT2D eigenvalue weighted by molar-refractivity contribution is 7.92. The summed E-state index contributed by atoms with van der Waals surface area (Å²) in [5, 5.41) is 3.01. The number of hydrogen-bond donors (Lipinski definition) is 1. The molecule has 1 aliphatic rings. The van der Waals surface area contributed by atoms with Gasteiger partial charge in [0.2, 0.25) is 5.91 Å². The molecule has 3 aromatic rings. The van der Waals surface area contributed by atoms with Crippen LogP contribution in [0.15, 0.2) is 65.6 Å². The first-order valence-electron chi connectivity index (χ1n) is 11.7. The molecule has 0 bridgehead atoms. The number of carbonyl (C=O) groups is 1. The van der Waals surface area contributed by atoms with E-state index in [1.165, 1.54) is 21.9 Å². The predicted molar refractivity (Wildman–Crippen MR) is 137 cm³/mol. The van der Waals surface area contributed by atoms with Crippen molar-refractivity contribution in [2.45, 2.75) is 57.9 Å². The maximum atomic E-state index is 13.7. The van der Waals surface area contributed by atoms with E-state index in [1.807, 2.05) is 45.9 Å². The third-order valence-electron chi connectivity index (χ3n) is 6.53. The highest BCUT2D eigenvalue weighted by Gasteiger charge is 2.29. The minimum Gasteiger partial charge on any atom is -0.348 e. The molecule has 178 valence electrons. The van der Waals surface area contributed by atoms with Gasteiger partial charge < -0.3 is 5.32 Å². The van der Waals surface area contributed by atoms with E-state index in [9.17, 15) is 13.2 Å². The van der Waals surface area contributed by atoms with Crippen LogP contribution in [0.4, 0.5) is 5.69 Å². The molecule has 0 saturated heterocycles. The van der Waals surface area contributed by atoms with E-state index < -0.39 is 10.0 Å². The van der Waals surface area contributed by atoms with Crippen LogP contribution in [0.1, 0.15) is 52.8 Å². The van der Waals surface area contributed by atoms with Gasteiger partial charge in [0.05, 0.1) is 16.6 Å². The van der Waals surface area contributed by atoms with E-state index in [0.717, 1.165) is 35.1 Å². The fourth-order valence-corrected chi connectivity index (χ4v) is 5.96. The molecule has 1 N–H and O–H groups in total. The SMILES string of the molecule is Cc1ccc(S(=O)(=O)N(CC(=O)NC(C)c2ccc3c(c2)CCC3)c2cc(C)ccc2C)cc1. The second kappa shape index (κ2) is 9.63. The Balaban J connectivity index is 1.62. The van der Waals surface area contributed by atoms with Crippen LogP contribution < -0.4 is 9.62 Å². The standard InChI is InChI=1S/C28H32N2O3S/c1-19-9-14-26(15-10-19)34(32,33)30(27-16-20(2)8-11-21(27)3)18-28(31)29-22(4)24-13-12-23-6-5-7-25(23)17-24/h8-17,22H,5-7,18H2,1-4H3,(H,29,31). The largest absolute Gasteiger partial charge is 0.348 e. The van der Waals surface area contributed by atoms with Crippen molar-refractivity contribution in [2.75, 3.05) is 10.8 Å². The van der Waals surface area contributed by atoms with Gasteiger partial charge in [0, 0.05) is 0 Å². The second-order valence-corrected chi connectivity index (χ2v) is 11.1. The number of nitrogens with zero attached hydrogens (tertiary/aromatic N) is 1. The molecular weight excluding hydrogens is 444 g/mol. The summed E-state index contributed by atoms with van der Waals surface area (Å²) < 4.78 is 28.6. The average Bonchev–Trinajstić information content (AvgIpc) is 3.27. The Labute approximate surface area is 202 Å². The average molecular weight is 477 g/mol. The molecule has 1 amide bonds. The number of rotatable bonds is 7. The fourth-order valence-electron chi connectivity index (χ4n) is 4.49. The topological polar surface area (TPSA) is 66.5 Å². The van der Waals surface area contributed by atoms with Crippen molar-refractivity contribution in [1.29, 1.82) is 0 Å². The van der Waals surface area contributed by atoms with Gasteiger partial charge in [-0.1, -0.05) is 48.0 Å². The van der Waals surface area contributed by atoms with E-state index in [0.29, 0.717) is 5.69 Å². The molecule has 5 nitrogen and oxygen atoms in total. The van der Waals surface area contributed by atoms with Crippen LogP contribution in [-0.2, 0) is 27.7 Å². The number of benzene rings is 3. The van der Waals surface area contributed by atoms with Crippen LogP contribution in [0, 0.1) is 20.8 Å². The molecule has 0 heterocycles. The zero-order chi connectivity index (χ0) is 24.5. The summed E-state index contributed by atoms with van der Waals surface area (Å²) >= 11 is 0. The zero-order valence-corrected chi connectivity index (χ0v) is 21.1. The minimum atomic E-state index is -3.94. The number of amides is 1. The van der Waals surface area contributed by atoms with E-state index >= 15 is 0 Å². The lowest BCUT2D eigenvalue weighted by Crippen LogP contribution is -2.42. The third kappa shape index (κ3) is 5.02. The van der Waals surface area contributed by atoms with Crippen molar-refractivity contribution in [1.82, 2.24) is 5.32 Å². The Hall–Kier alpha value is -3.12. The predicted octanol–water partition coefficient (Wildman–Crippen LogP) is 5.17. The van der Waals surface area contributed by atoms with Crippen molar-refractivity contribution in [3.05, 3.63) is 94.0 Å². The Kier molecular flexibility index (Phi) is 6.80. The third-order valence-corrected chi connectivity index (χ3v) is 8.30. The van der Waals surface area contributed by atoms with Crippen LogP contribution >= 0.6 is 0 Å². The molecule has 6 heteroatoms. The molecule has 3 aromatic carbocycles. The Morgan fingerprint density at radius 3 is 2.32 bits per heavy atom. The van der Waals surface area contributed by atoms with Crippen LogP contribution in [0.2, 0.25) is 0 Å². The second-order valence-electron chi connectivity index (χ2n) is 9.29. The first-order chi connectivity index (χ1) is 16.1. The molecule has 0 aromatic heterocycles. The molecule has 1 aliphatic carbocycles. The van der Waals surface area contributed by atoms with E-state index in [2.05, 4.69) is 23.5 Å². The summed E-state index contributed by atoms with van der Waals surface area (Å²) in [6.07, 6.45) is 3.35. The molecule has 0 radical (unpaired) electrons. The van der Waals surface area contributed by atoms with Gasteiger partial charge in [0.15, 0.2) is 0 Å². The number of sulfonamides is 1. The van der Waals surface area contributed by atoms with E-state index in [4.69, 9.17) is 0 Å². The molecule has 0 saturated carbocycles. The summed E-state index contributed by atoms with van der Waals surface area (Å²) in [5.41, 5.74) is 6.97. The number of aryl methyl sites for hydroxylation is 5. The van der Waals surface area contributed by atoms with Gasteiger partial charge in [-0.2, -0.15) is 0 Å². The number of fused-ring (bicyclic) bond motifs is 1. The van der Waals surface area contributed by atoms with Crippen molar-refractivity contribution in [2.24, 2.45) is 0 Å². The van der Waals surface area contributed by atoms with Gasteiger partial charge >= 0.3 is 0 Å². The summed E-state index contributed by atoms with van der Waals surface area (Å²) in [6, 6.07) is 18.5. The maximum absolute atomic E-state index is 13.7. The van der Waals surface area contributed by atoms with Gasteiger partial charge in [-0.15, -0.1) is 0 Å². The Morgan fingerprint density at radius 1 is 0.912 bits per heavy atom. The summed E-state index contributed by atoms with van der Waals surface area (Å²) in [6.45, 7) is 7.32. The minimum absolute atomic E-state index is 0.165. The fraction of sp³-hybridized carbons (Fsp3) is 0.321. The lowest BCUT2D eigenvalue weighted by Gasteiger charge is -2.27. The molecule has 1 atom stereocenters. The van der Waals surface area contributed by atoms with Crippen molar-refractivity contribution in [3.8, 4) is 0 Å². The normalized spacial score (nSPS) is 13.9. The quantitative estimate of drug-likeness (QED) is 0.511. The van der Waals surface area contributed by atoms with Crippen molar-refractivity contribution < 1.29 is 13.2 Å². The lowest BCUT2D eigenvalue weighted by atomic mass is 10.0. The number of carbonyl (C=O) groups excluding carboxylic acids is 1. The first-order valence-corrected chi connectivity index (χ1v) is 13.2. The van der Waals surface area contributed by atoms with E-state index in [-0.39, 0.29) is 23.4 Å². The molecule has 1 unspecified atom stereocenters. The van der Waals surface area contributed by atoms with Gasteiger partial charge in [0.25, 0.3) is 10.0 Å². The summed E-state index contributed by atoms with van der Waals surface area (Å²) in [7, 11) is -3.94. The van der Waals surface area contributed by atoms with Crippen molar-refractivity contribution in [3.63, 3.8) is 0 Å². The van der Waals surface area contributed by atoms with Gasteiger partial charge in [-0.3, -0.25) is 9.10 Å². The summed E-state index contributed by atoms with van der Waals surface area (Å²) in [4.78, 5) is 13.3.